The van der Waals surface area contributed by atoms with Crippen molar-refractivity contribution in [3.05, 3.63) is 15.4 Å². The second-order valence-corrected chi connectivity index (χ2v) is 3.75. The molecule has 1 aromatic heterocycles. The van der Waals surface area contributed by atoms with Gasteiger partial charge in [0, 0.05) is 0 Å². The van der Waals surface area contributed by atoms with E-state index in [0.29, 0.717) is 9.88 Å². The highest BCUT2D eigenvalue weighted by Gasteiger charge is 2.10. The van der Waals surface area contributed by atoms with E-state index in [1.54, 1.807) is 6.07 Å². The third-order valence-corrected chi connectivity index (χ3v) is 2.96. The van der Waals surface area contributed by atoms with E-state index in [1.165, 1.54) is 18.4 Å². The molecule has 0 aliphatic carbocycles. The van der Waals surface area contributed by atoms with Gasteiger partial charge in [0.05, 0.1) is 11.6 Å². The van der Waals surface area contributed by atoms with Gasteiger partial charge in [-0.05, 0) is 22.0 Å². The Labute approximate surface area is 88.4 Å². The predicted octanol–water partition coefficient (Wildman–Crippen LogP) is 2.30. The van der Waals surface area contributed by atoms with Gasteiger partial charge >= 0.3 is 5.97 Å². The van der Waals surface area contributed by atoms with E-state index in [2.05, 4.69) is 20.7 Å². The fourth-order valence-corrected chi connectivity index (χ4v) is 1.94. The number of thiophene rings is 1. The second-order valence-electron chi connectivity index (χ2n) is 1.81. The number of esters is 1. The van der Waals surface area contributed by atoms with Gasteiger partial charge in [-0.3, -0.25) is 0 Å². The smallest absolute Gasteiger partial charge is 0.348 e. The summed E-state index contributed by atoms with van der Waals surface area (Å²) in [6, 6.07) is 1.64. The molecule has 0 unspecified atom stereocenters. The summed E-state index contributed by atoms with van der Waals surface area (Å²) in [5.74, 6) is -0.354. The van der Waals surface area contributed by atoms with Gasteiger partial charge in [-0.25, -0.2) is 4.79 Å². The first-order valence-corrected chi connectivity index (χ1v) is 4.39. The Morgan fingerprint density at radius 2 is 2.33 bits per heavy atom. The first kappa shape index (κ1) is 11.7. The lowest BCUT2D eigenvalue weighted by molar-refractivity contribution is 0.0606. The maximum Gasteiger partial charge on any atom is 0.348 e. The molecule has 0 fully saturated rings. The fourth-order valence-electron chi connectivity index (χ4n) is 0.584. The predicted molar refractivity (Wildman–Crippen MR) is 55.0 cm³/mol. The number of carbonyl (C=O) groups excluding carboxylic acids is 1. The third kappa shape index (κ3) is 2.36. The Morgan fingerprint density at radius 3 is 2.67 bits per heavy atom. The van der Waals surface area contributed by atoms with Crippen molar-refractivity contribution in [2.45, 2.75) is 0 Å². The quantitative estimate of drug-likeness (QED) is 0.798. The maximum atomic E-state index is 10.9. The second kappa shape index (κ2) is 4.69. The Kier molecular flexibility index (Phi) is 4.59. The van der Waals surface area contributed by atoms with Gasteiger partial charge in [0.15, 0.2) is 0 Å². The molecule has 1 rings (SSSR count). The lowest BCUT2D eigenvalue weighted by atomic mass is 10.5. The van der Waals surface area contributed by atoms with Crippen LogP contribution in [0.5, 0.6) is 0 Å². The van der Waals surface area contributed by atoms with Gasteiger partial charge in [-0.2, -0.15) is 0 Å². The normalized spacial score (nSPS) is 8.83. The zero-order valence-corrected chi connectivity index (χ0v) is 9.38. The van der Waals surface area contributed by atoms with Crippen molar-refractivity contribution in [2.24, 2.45) is 0 Å². The van der Waals surface area contributed by atoms with Gasteiger partial charge < -0.3 is 10.5 Å². The molecule has 0 saturated carbocycles. The Bertz CT molecular complexity index is 270. The standard InChI is InChI=1S/C6H6BrNO2S.ClH/c1-10-6(9)4-2-3(7)5(8)11-4;/h2H,8H2,1H3;1H. The van der Waals surface area contributed by atoms with Crippen molar-refractivity contribution in [1.82, 2.24) is 0 Å². The highest BCUT2D eigenvalue weighted by Crippen LogP contribution is 2.29. The van der Waals surface area contributed by atoms with E-state index >= 15 is 0 Å². The lowest BCUT2D eigenvalue weighted by Gasteiger charge is -1.90. The summed E-state index contributed by atoms with van der Waals surface area (Å²) in [5.41, 5.74) is 5.50. The lowest BCUT2D eigenvalue weighted by Crippen LogP contribution is -1.96. The minimum atomic E-state index is -0.354. The van der Waals surface area contributed by atoms with Crippen molar-refractivity contribution in [1.29, 1.82) is 0 Å². The number of carbonyl (C=O) groups is 1. The molecule has 12 heavy (non-hydrogen) atoms. The first-order chi connectivity index (χ1) is 5.15. The molecule has 68 valence electrons. The van der Waals surface area contributed by atoms with Crippen LogP contribution in [0.2, 0.25) is 0 Å². The molecule has 0 amide bonds. The topological polar surface area (TPSA) is 52.3 Å². The Balaban J connectivity index is 0.00000121. The molecular formula is C6H7BrClNO2S. The molecule has 0 aliphatic heterocycles. The number of methoxy groups -OCH3 is 1. The van der Waals surface area contributed by atoms with Gasteiger partial charge in [0.25, 0.3) is 0 Å². The molecule has 0 radical (unpaired) electrons. The highest BCUT2D eigenvalue weighted by molar-refractivity contribution is 9.10. The van der Waals surface area contributed by atoms with Gasteiger partial charge in [0.1, 0.15) is 9.88 Å². The summed E-state index contributed by atoms with van der Waals surface area (Å²) in [6.45, 7) is 0. The summed E-state index contributed by atoms with van der Waals surface area (Å²) in [5, 5.41) is 0.588. The van der Waals surface area contributed by atoms with Crippen molar-refractivity contribution >= 4 is 50.6 Å². The number of nitrogen functional groups attached to an aromatic ring is 1. The molecule has 0 aliphatic rings. The number of halogens is 2. The van der Waals surface area contributed by atoms with Gasteiger partial charge in [-0.1, -0.05) is 0 Å². The third-order valence-electron chi connectivity index (χ3n) is 1.10. The van der Waals surface area contributed by atoms with Crippen molar-refractivity contribution in [2.75, 3.05) is 12.8 Å². The molecule has 1 heterocycles. The molecule has 6 heteroatoms. The van der Waals surface area contributed by atoms with Crippen LogP contribution in [0.15, 0.2) is 10.5 Å². The summed E-state index contributed by atoms with van der Waals surface area (Å²) in [6.07, 6.45) is 0. The average Bonchev–Trinajstić information content (AvgIpc) is 2.31. The average molecular weight is 273 g/mol. The van der Waals surface area contributed by atoms with Gasteiger partial charge in [-0.15, -0.1) is 23.7 Å². The number of rotatable bonds is 1. The van der Waals surface area contributed by atoms with E-state index < -0.39 is 0 Å². The molecule has 2 N–H and O–H groups in total. The van der Waals surface area contributed by atoms with Crippen LogP contribution in [-0.4, -0.2) is 13.1 Å². The molecule has 0 spiro atoms. The van der Waals surface area contributed by atoms with Crippen molar-refractivity contribution in [3.8, 4) is 0 Å². The van der Waals surface area contributed by atoms with Crippen LogP contribution in [0.1, 0.15) is 9.67 Å². The minimum absolute atomic E-state index is 0. The van der Waals surface area contributed by atoms with Crippen LogP contribution in [0.25, 0.3) is 0 Å². The van der Waals surface area contributed by atoms with Crippen LogP contribution in [0.4, 0.5) is 5.00 Å². The van der Waals surface area contributed by atoms with Crippen LogP contribution < -0.4 is 5.73 Å². The summed E-state index contributed by atoms with van der Waals surface area (Å²) in [7, 11) is 1.34. The molecule has 0 atom stereocenters. The van der Waals surface area contributed by atoms with Crippen LogP contribution >= 0.6 is 39.7 Å². The van der Waals surface area contributed by atoms with E-state index in [0.717, 1.165) is 4.47 Å². The number of nitrogens with two attached hydrogens (primary N) is 1. The first-order valence-electron chi connectivity index (χ1n) is 2.78. The van der Waals surface area contributed by atoms with E-state index in [1.807, 2.05) is 0 Å². The Morgan fingerprint density at radius 1 is 1.75 bits per heavy atom. The van der Waals surface area contributed by atoms with Crippen molar-refractivity contribution in [3.63, 3.8) is 0 Å². The SMILES string of the molecule is COC(=O)c1cc(Br)c(N)s1.Cl. The summed E-state index contributed by atoms with van der Waals surface area (Å²) >= 11 is 4.39. The minimum Gasteiger partial charge on any atom is -0.465 e. The largest absolute Gasteiger partial charge is 0.465 e. The number of hydrogen-bond acceptors (Lipinski definition) is 4. The zero-order chi connectivity index (χ0) is 8.43. The molecular weight excluding hydrogens is 265 g/mol. The summed E-state index contributed by atoms with van der Waals surface area (Å²) < 4.78 is 5.24. The monoisotopic (exact) mass is 271 g/mol. The zero-order valence-electron chi connectivity index (χ0n) is 6.17. The molecule has 1 aromatic rings. The number of ether oxygens (including phenoxy) is 1. The molecule has 0 aromatic carbocycles. The molecule has 0 saturated heterocycles. The van der Waals surface area contributed by atoms with Crippen LogP contribution in [0, 0.1) is 0 Å². The summed E-state index contributed by atoms with van der Waals surface area (Å²) in [4.78, 5) is 11.4. The maximum absolute atomic E-state index is 10.9. The number of anilines is 1. The van der Waals surface area contributed by atoms with E-state index in [4.69, 9.17) is 5.73 Å². The number of hydrogen-bond donors (Lipinski definition) is 1. The van der Waals surface area contributed by atoms with E-state index in [9.17, 15) is 4.79 Å². The Hall–Kier alpha value is -0.260. The van der Waals surface area contributed by atoms with Gasteiger partial charge in [0.2, 0.25) is 0 Å². The fraction of sp³-hybridized carbons (Fsp3) is 0.167. The van der Waals surface area contributed by atoms with Crippen molar-refractivity contribution < 1.29 is 9.53 Å². The van der Waals surface area contributed by atoms with E-state index in [-0.39, 0.29) is 18.4 Å². The van der Waals surface area contributed by atoms with Crippen LogP contribution in [-0.2, 0) is 4.74 Å². The highest BCUT2D eigenvalue weighted by atomic mass is 79.9. The van der Waals surface area contributed by atoms with Crippen LogP contribution in [0.3, 0.4) is 0 Å². The molecule has 3 nitrogen and oxygen atoms in total. The molecule has 0 bridgehead atoms.